The number of aromatic hydroxyl groups is 1. The van der Waals surface area contributed by atoms with Crippen LogP contribution >= 0.6 is 0 Å². The van der Waals surface area contributed by atoms with Gasteiger partial charge in [-0.25, -0.2) is 8.42 Å². The summed E-state index contributed by atoms with van der Waals surface area (Å²) in [4.78, 5) is 16.4. The zero-order valence-corrected chi connectivity index (χ0v) is 27.7. The number of carbonyl (C=O) groups is 1. The van der Waals surface area contributed by atoms with Crippen molar-refractivity contribution in [2.24, 2.45) is 0 Å². The third-order valence-electron chi connectivity index (χ3n) is 9.20. The smallest absolute Gasteiger partial charge is 0.406 e. The zero-order chi connectivity index (χ0) is 34.0. The number of carbonyl (C=O) groups excluding carboxylic acids is 1. The fourth-order valence-electron chi connectivity index (χ4n) is 6.56. The van der Waals surface area contributed by atoms with Gasteiger partial charge in [0.15, 0.2) is 9.84 Å². The summed E-state index contributed by atoms with van der Waals surface area (Å²) < 4.78 is 71.8. The normalized spacial score (nSPS) is 20.9. The van der Waals surface area contributed by atoms with Gasteiger partial charge in [-0.3, -0.25) is 14.6 Å². The van der Waals surface area contributed by atoms with Crippen LogP contribution in [0, 0.1) is 11.8 Å². The number of amides is 1. The first-order valence-electron chi connectivity index (χ1n) is 15.8. The standard InChI is InChI=1S/C34H41F3N4O5S/c1-4-32(43)40(30-11-10-26(22-31(30)42)47(3,44)45)16-6-7-25-21-27-28(8-5-9-29(27)41(25)23-34(35,36)37)38-24-12-14-33(2,15-13-24)39-17-19-46-20-18-39/h5,8-11,21-22,24,38,42H,4,12-20,23H2,1-3H3. The number of sulfone groups is 1. The number of benzene rings is 2. The molecule has 1 saturated heterocycles. The molecule has 1 aliphatic heterocycles. The lowest BCUT2D eigenvalue weighted by molar-refractivity contribution is -0.140. The molecule has 0 bridgehead atoms. The molecule has 9 nitrogen and oxygen atoms in total. The van der Waals surface area contributed by atoms with Crippen LogP contribution in [0.1, 0.15) is 51.6 Å². The van der Waals surface area contributed by atoms with Gasteiger partial charge in [-0.2, -0.15) is 13.2 Å². The highest BCUT2D eigenvalue weighted by Crippen LogP contribution is 2.37. The first kappa shape index (κ1) is 34.6. The molecule has 1 amide bonds. The van der Waals surface area contributed by atoms with Gasteiger partial charge in [0.2, 0.25) is 5.91 Å². The molecule has 2 N–H and O–H groups in total. The average molecular weight is 675 g/mol. The van der Waals surface area contributed by atoms with Crippen molar-refractivity contribution in [1.29, 1.82) is 0 Å². The number of anilines is 2. The molecular weight excluding hydrogens is 633 g/mol. The molecule has 1 aromatic heterocycles. The van der Waals surface area contributed by atoms with E-state index >= 15 is 0 Å². The second-order valence-corrected chi connectivity index (χ2v) is 14.6. The van der Waals surface area contributed by atoms with Crippen LogP contribution in [0.15, 0.2) is 47.4 Å². The lowest BCUT2D eigenvalue weighted by Gasteiger charge is -2.47. The van der Waals surface area contributed by atoms with Gasteiger partial charge in [-0.05, 0) is 68.9 Å². The predicted molar refractivity (Wildman–Crippen MR) is 175 cm³/mol. The van der Waals surface area contributed by atoms with Gasteiger partial charge in [-0.15, -0.1) is 0 Å². The number of aromatic nitrogens is 1. The van der Waals surface area contributed by atoms with E-state index in [-0.39, 0.29) is 40.8 Å². The predicted octanol–water partition coefficient (Wildman–Crippen LogP) is 5.55. The Morgan fingerprint density at radius 3 is 2.47 bits per heavy atom. The number of alkyl halides is 3. The molecule has 1 aliphatic carbocycles. The fourth-order valence-corrected chi connectivity index (χ4v) is 7.20. The summed E-state index contributed by atoms with van der Waals surface area (Å²) in [6.45, 7) is 5.78. The second-order valence-electron chi connectivity index (χ2n) is 12.5. The number of halogens is 3. The number of ether oxygens (including phenoxy) is 1. The Morgan fingerprint density at radius 1 is 1.15 bits per heavy atom. The molecule has 0 spiro atoms. The van der Waals surface area contributed by atoms with E-state index in [1.54, 1.807) is 25.1 Å². The number of fused-ring (bicyclic) bond motifs is 1. The van der Waals surface area contributed by atoms with E-state index in [2.05, 4.69) is 29.0 Å². The summed E-state index contributed by atoms with van der Waals surface area (Å²) in [6.07, 6.45) is 0.429. The third kappa shape index (κ3) is 8.05. The summed E-state index contributed by atoms with van der Waals surface area (Å²) in [7, 11) is -3.60. The van der Waals surface area contributed by atoms with Crippen LogP contribution in [0.4, 0.5) is 24.5 Å². The van der Waals surface area contributed by atoms with Gasteiger partial charge in [0.25, 0.3) is 0 Å². The van der Waals surface area contributed by atoms with Crippen LogP contribution in [0.25, 0.3) is 10.9 Å². The molecule has 5 rings (SSSR count). The highest BCUT2D eigenvalue weighted by molar-refractivity contribution is 7.90. The van der Waals surface area contributed by atoms with Gasteiger partial charge in [0.1, 0.15) is 12.3 Å². The van der Waals surface area contributed by atoms with Gasteiger partial charge in [0.05, 0.1) is 41.6 Å². The molecule has 0 radical (unpaired) electrons. The summed E-state index contributed by atoms with van der Waals surface area (Å²) in [5.74, 6) is 4.83. The number of hydrogen-bond acceptors (Lipinski definition) is 7. The summed E-state index contributed by atoms with van der Waals surface area (Å²) in [5, 5.41) is 14.8. The monoisotopic (exact) mass is 674 g/mol. The molecule has 47 heavy (non-hydrogen) atoms. The van der Waals surface area contributed by atoms with Crippen molar-refractivity contribution in [2.75, 3.05) is 49.3 Å². The van der Waals surface area contributed by atoms with Crippen LogP contribution in [0.5, 0.6) is 5.75 Å². The van der Waals surface area contributed by atoms with E-state index in [9.17, 15) is 31.5 Å². The number of nitrogens with one attached hydrogen (secondary N) is 1. The highest BCUT2D eigenvalue weighted by Gasteiger charge is 2.37. The van der Waals surface area contributed by atoms with Crippen LogP contribution in [0.2, 0.25) is 0 Å². The third-order valence-corrected chi connectivity index (χ3v) is 10.3. The lowest BCUT2D eigenvalue weighted by atomic mass is 9.79. The minimum atomic E-state index is -4.50. The van der Waals surface area contributed by atoms with Crippen molar-refractivity contribution >= 4 is 38.0 Å². The van der Waals surface area contributed by atoms with Gasteiger partial charge in [-0.1, -0.05) is 18.9 Å². The number of rotatable bonds is 8. The van der Waals surface area contributed by atoms with Crippen LogP contribution in [0.3, 0.4) is 0 Å². The average Bonchev–Trinajstić information content (AvgIpc) is 3.37. The molecule has 2 aromatic carbocycles. The molecule has 3 aromatic rings. The number of hydrogen-bond donors (Lipinski definition) is 2. The number of phenols is 1. The summed E-state index contributed by atoms with van der Waals surface area (Å²) in [5.41, 5.74) is 1.42. The number of nitrogens with zero attached hydrogens (tertiary/aromatic N) is 3. The molecule has 1 saturated carbocycles. The molecule has 2 aliphatic rings. The second kappa shape index (κ2) is 13.8. The highest BCUT2D eigenvalue weighted by atomic mass is 32.2. The SMILES string of the molecule is CCC(=O)N(CC#Cc1cc2c(NC3CCC(C)(N4CCOCC4)CC3)cccc2n1CC(F)(F)F)c1ccc(S(C)(=O)=O)cc1O. The molecule has 13 heteroatoms. The fraction of sp³-hybridized carbons (Fsp3) is 0.500. The maximum absolute atomic E-state index is 13.8. The first-order chi connectivity index (χ1) is 22.2. The van der Waals surface area contributed by atoms with Crippen molar-refractivity contribution in [3.63, 3.8) is 0 Å². The molecule has 0 unspecified atom stereocenters. The molecule has 2 fully saturated rings. The van der Waals surface area contributed by atoms with E-state index < -0.39 is 34.2 Å². The Bertz CT molecular complexity index is 1780. The Kier molecular flexibility index (Phi) is 10.1. The molecule has 0 atom stereocenters. The Labute approximate surface area is 273 Å². The quantitative estimate of drug-likeness (QED) is 0.302. The Morgan fingerprint density at radius 2 is 1.85 bits per heavy atom. The molecule has 2 heterocycles. The van der Waals surface area contributed by atoms with E-state index in [4.69, 9.17) is 4.74 Å². The minimum absolute atomic E-state index is 0.0538. The Hall–Kier alpha value is -3.73. The van der Waals surface area contributed by atoms with Crippen LogP contribution < -0.4 is 10.2 Å². The van der Waals surface area contributed by atoms with Crippen molar-refractivity contribution < 1.29 is 36.2 Å². The van der Waals surface area contributed by atoms with E-state index in [0.717, 1.165) is 74.6 Å². The van der Waals surface area contributed by atoms with Gasteiger partial charge >= 0.3 is 6.18 Å². The lowest BCUT2D eigenvalue weighted by Crippen LogP contribution is -2.54. The maximum Gasteiger partial charge on any atom is 0.406 e. The number of phenolic OH excluding ortho intramolecular Hbond substituents is 1. The van der Waals surface area contributed by atoms with E-state index in [1.165, 1.54) is 17.0 Å². The zero-order valence-electron chi connectivity index (χ0n) is 26.9. The topological polar surface area (TPSA) is 104 Å². The number of morpholine rings is 1. The summed E-state index contributed by atoms with van der Waals surface area (Å²) in [6, 6.07) is 10.7. The van der Waals surface area contributed by atoms with Crippen molar-refractivity contribution in [2.45, 2.75) is 75.1 Å². The summed E-state index contributed by atoms with van der Waals surface area (Å²) >= 11 is 0. The molecular formula is C34H41F3N4O5S. The van der Waals surface area contributed by atoms with E-state index in [0.29, 0.717) is 10.9 Å². The van der Waals surface area contributed by atoms with Crippen molar-refractivity contribution in [1.82, 2.24) is 9.47 Å². The van der Waals surface area contributed by atoms with Crippen LogP contribution in [-0.2, 0) is 25.9 Å². The van der Waals surface area contributed by atoms with Gasteiger partial charge in [0, 0.05) is 54.5 Å². The Balaban J connectivity index is 1.41. The van der Waals surface area contributed by atoms with Gasteiger partial charge < -0.3 is 19.7 Å². The van der Waals surface area contributed by atoms with Crippen molar-refractivity contribution in [3.05, 3.63) is 48.2 Å². The van der Waals surface area contributed by atoms with E-state index in [1.807, 2.05) is 6.07 Å². The minimum Gasteiger partial charge on any atom is -0.506 e. The maximum atomic E-state index is 13.8. The largest absolute Gasteiger partial charge is 0.506 e. The van der Waals surface area contributed by atoms with Crippen molar-refractivity contribution in [3.8, 4) is 17.6 Å². The molecule has 254 valence electrons. The van der Waals surface area contributed by atoms with Crippen LogP contribution in [-0.4, -0.2) is 85.8 Å². The first-order valence-corrected chi connectivity index (χ1v) is 17.7.